The summed E-state index contributed by atoms with van der Waals surface area (Å²) in [6.07, 6.45) is -0.715. The van der Waals surface area contributed by atoms with Gasteiger partial charge in [-0.3, -0.25) is 14.6 Å². The molecule has 38 heavy (non-hydrogen) atoms. The molecule has 0 unspecified atom stereocenters. The maximum absolute atomic E-state index is 14.5. The third kappa shape index (κ3) is 4.82. The molecule has 0 aromatic heterocycles. The minimum absolute atomic E-state index is 0.0298. The molecule has 0 aliphatic carbocycles. The van der Waals surface area contributed by atoms with Crippen LogP contribution in [-0.4, -0.2) is 64.0 Å². The number of hydrazine groups is 1. The molecule has 2 fully saturated rings. The van der Waals surface area contributed by atoms with Gasteiger partial charge in [-0.05, 0) is 23.3 Å². The molecular formula is C28H27F2N5O3. The molecular weight excluding hydrogens is 492 g/mol. The number of carbonyl (C=O) groups excluding carboxylic acids is 3. The van der Waals surface area contributed by atoms with Crippen LogP contribution < -0.4 is 5.32 Å². The summed E-state index contributed by atoms with van der Waals surface area (Å²) in [5, 5.41) is 5.74. The molecule has 2 aliphatic rings. The van der Waals surface area contributed by atoms with Gasteiger partial charge in [-0.25, -0.2) is 13.6 Å². The van der Waals surface area contributed by atoms with Gasteiger partial charge in [0.25, 0.3) is 5.91 Å². The Bertz CT molecular complexity index is 1320. The van der Waals surface area contributed by atoms with Gasteiger partial charge in [0, 0.05) is 19.2 Å². The summed E-state index contributed by atoms with van der Waals surface area (Å²) >= 11 is 0. The van der Waals surface area contributed by atoms with Gasteiger partial charge in [0.1, 0.15) is 23.8 Å². The maximum Gasteiger partial charge on any atom is 0.332 e. The van der Waals surface area contributed by atoms with Crippen molar-refractivity contribution in [3.8, 4) is 0 Å². The standard InChI is InChI=1S/C28H27F2N5O3/c1-32(28(38)31-15-19-9-4-2-5-10-19)34-18-25(36)35-24(34)17-33(16-21-22(29)13-8-14-23(21)30)27(37)26(35)20-11-6-3-7-12-20/h2-14,24,26H,15-18H2,1H3,(H,31,38)/t24-,26+/m1/s1. The third-order valence-electron chi connectivity index (χ3n) is 6.95. The van der Waals surface area contributed by atoms with E-state index in [4.69, 9.17) is 0 Å². The van der Waals surface area contributed by atoms with E-state index in [2.05, 4.69) is 5.32 Å². The van der Waals surface area contributed by atoms with Gasteiger partial charge in [-0.2, -0.15) is 5.01 Å². The van der Waals surface area contributed by atoms with E-state index in [-0.39, 0.29) is 31.1 Å². The van der Waals surface area contributed by atoms with E-state index in [1.807, 2.05) is 30.3 Å². The molecule has 2 heterocycles. The van der Waals surface area contributed by atoms with Crippen LogP contribution in [0.4, 0.5) is 13.6 Å². The van der Waals surface area contributed by atoms with Crippen molar-refractivity contribution < 1.29 is 23.2 Å². The lowest BCUT2D eigenvalue weighted by Gasteiger charge is -2.45. The van der Waals surface area contributed by atoms with Gasteiger partial charge in [-0.15, -0.1) is 0 Å². The van der Waals surface area contributed by atoms with E-state index >= 15 is 0 Å². The smallest absolute Gasteiger partial charge is 0.332 e. The van der Waals surface area contributed by atoms with Crippen LogP contribution >= 0.6 is 0 Å². The zero-order valence-corrected chi connectivity index (χ0v) is 20.8. The predicted molar refractivity (Wildman–Crippen MR) is 135 cm³/mol. The van der Waals surface area contributed by atoms with Gasteiger partial charge in [0.15, 0.2) is 0 Å². The summed E-state index contributed by atoms with van der Waals surface area (Å²) < 4.78 is 29.0. The van der Waals surface area contributed by atoms with E-state index in [0.717, 1.165) is 17.7 Å². The molecule has 3 aromatic carbocycles. The molecule has 2 aliphatic heterocycles. The highest BCUT2D eigenvalue weighted by Crippen LogP contribution is 2.36. The predicted octanol–water partition coefficient (Wildman–Crippen LogP) is 3.28. The summed E-state index contributed by atoms with van der Waals surface area (Å²) in [6.45, 7) is -0.169. The van der Waals surface area contributed by atoms with Gasteiger partial charge < -0.3 is 15.1 Å². The van der Waals surface area contributed by atoms with E-state index in [9.17, 15) is 23.2 Å². The molecule has 4 amide bonds. The first kappa shape index (κ1) is 25.3. The number of hydrogen-bond acceptors (Lipinski definition) is 4. The quantitative estimate of drug-likeness (QED) is 0.543. The Labute approximate surface area is 219 Å². The molecule has 0 spiro atoms. The molecule has 0 bridgehead atoms. The molecule has 2 saturated heterocycles. The topological polar surface area (TPSA) is 76.2 Å². The number of amides is 4. The van der Waals surface area contributed by atoms with Gasteiger partial charge >= 0.3 is 6.03 Å². The first-order valence-electron chi connectivity index (χ1n) is 12.2. The van der Waals surface area contributed by atoms with Gasteiger partial charge in [0.05, 0.1) is 19.6 Å². The summed E-state index contributed by atoms with van der Waals surface area (Å²) in [5.74, 6) is -2.28. The third-order valence-corrected chi connectivity index (χ3v) is 6.95. The zero-order valence-electron chi connectivity index (χ0n) is 20.8. The molecule has 3 aromatic rings. The number of nitrogens with zero attached hydrogens (tertiary/aromatic N) is 4. The van der Waals surface area contributed by atoms with Crippen molar-refractivity contribution in [2.75, 3.05) is 20.1 Å². The van der Waals surface area contributed by atoms with Crippen molar-refractivity contribution in [2.24, 2.45) is 0 Å². The van der Waals surface area contributed by atoms with Crippen LogP contribution in [0.5, 0.6) is 0 Å². The number of rotatable bonds is 6. The van der Waals surface area contributed by atoms with Crippen molar-refractivity contribution in [1.29, 1.82) is 0 Å². The Morgan fingerprint density at radius 3 is 2.24 bits per heavy atom. The van der Waals surface area contributed by atoms with E-state index in [1.165, 1.54) is 20.9 Å². The molecule has 2 atom stereocenters. The first-order chi connectivity index (χ1) is 18.3. The van der Waals surface area contributed by atoms with Gasteiger partial charge in [0.2, 0.25) is 5.91 Å². The fraction of sp³-hybridized carbons (Fsp3) is 0.250. The fourth-order valence-electron chi connectivity index (χ4n) is 4.98. The normalized spacial score (nSPS) is 19.4. The van der Waals surface area contributed by atoms with E-state index in [0.29, 0.717) is 12.1 Å². The Morgan fingerprint density at radius 1 is 0.947 bits per heavy atom. The summed E-state index contributed by atoms with van der Waals surface area (Å²) in [4.78, 5) is 42.8. The average Bonchev–Trinajstić information content (AvgIpc) is 3.25. The lowest BCUT2D eigenvalue weighted by molar-refractivity contribution is -0.157. The van der Waals surface area contributed by atoms with E-state index in [1.54, 1.807) is 42.4 Å². The lowest BCUT2D eigenvalue weighted by Crippen LogP contribution is -2.62. The number of urea groups is 1. The second kappa shape index (κ2) is 10.6. The highest BCUT2D eigenvalue weighted by Gasteiger charge is 2.52. The first-order valence-corrected chi connectivity index (χ1v) is 12.2. The van der Waals surface area contributed by atoms with Crippen molar-refractivity contribution in [1.82, 2.24) is 25.1 Å². The Balaban J connectivity index is 1.43. The fourth-order valence-corrected chi connectivity index (χ4v) is 4.98. The van der Waals surface area contributed by atoms with Crippen LogP contribution in [0.1, 0.15) is 22.7 Å². The Kier molecular flexibility index (Phi) is 7.06. The summed E-state index contributed by atoms with van der Waals surface area (Å²) in [7, 11) is 1.55. The molecule has 0 saturated carbocycles. The molecule has 1 N–H and O–H groups in total. The van der Waals surface area contributed by atoms with Crippen molar-refractivity contribution >= 4 is 17.8 Å². The largest absolute Gasteiger partial charge is 0.333 e. The van der Waals surface area contributed by atoms with Crippen LogP contribution in [0.25, 0.3) is 0 Å². The van der Waals surface area contributed by atoms with Crippen molar-refractivity contribution in [3.05, 3.63) is 107 Å². The van der Waals surface area contributed by atoms with Crippen LogP contribution in [0.2, 0.25) is 0 Å². The SMILES string of the molecule is CN(C(=O)NCc1ccccc1)N1CC(=O)N2[C@@H](c3ccccc3)C(=O)N(Cc3c(F)cccc3F)C[C@@H]21. The molecule has 196 valence electrons. The van der Waals surface area contributed by atoms with Crippen molar-refractivity contribution in [3.63, 3.8) is 0 Å². The number of piperazine rings is 1. The number of halogens is 2. The highest BCUT2D eigenvalue weighted by molar-refractivity contribution is 5.92. The lowest BCUT2D eigenvalue weighted by atomic mass is 10.00. The molecule has 0 radical (unpaired) electrons. The van der Waals surface area contributed by atoms with Gasteiger partial charge in [-0.1, -0.05) is 66.7 Å². The molecule has 8 nitrogen and oxygen atoms in total. The minimum Gasteiger partial charge on any atom is -0.333 e. The van der Waals surface area contributed by atoms with E-state index < -0.39 is 35.8 Å². The number of fused-ring (bicyclic) bond motifs is 1. The molecule has 5 rings (SSSR count). The monoisotopic (exact) mass is 519 g/mol. The van der Waals surface area contributed by atoms with Crippen LogP contribution in [0.15, 0.2) is 78.9 Å². The number of carbonyl (C=O) groups is 3. The summed E-state index contributed by atoms with van der Waals surface area (Å²) in [5.41, 5.74) is 1.26. The molecule has 10 heteroatoms. The van der Waals surface area contributed by atoms with Crippen LogP contribution in [0, 0.1) is 11.6 Å². The minimum atomic E-state index is -0.997. The Morgan fingerprint density at radius 2 is 1.58 bits per heavy atom. The van der Waals surface area contributed by atoms with Crippen molar-refractivity contribution in [2.45, 2.75) is 25.3 Å². The number of hydrogen-bond donors (Lipinski definition) is 1. The second-order valence-electron chi connectivity index (χ2n) is 9.28. The second-order valence-corrected chi connectivity index (χ2v) is 9.28. The van der Waals surface area contributed by atoms with Crippen LogP contribution in [0.3, 0.4) is 0 Å². The average molecular weight is 520 g/mol. The zero-order chi connectivity index (χ0) is 26.8. The number of nitrogens with one attached hydrogen (secondary N) is 1. The number of benzene rings is 3. The Hall–Kier alpha value is -4.31. The van der Waals surface area contributed by atoms with Crippen LogP contribution in [-0.2, 0) is 22.7 Å². The highest BCUT2D eigenvalue weighted by atomic mass is 19.1. The summed E-state index contributed by atoms with van der Waals surface area (Å²) in [6, 6.07) is 20.3. The maximum atomic E-state index is 14.5.